The SMILES string of the molecule is Cc1nn(C2CC2)c2cnn(CC(=O)N[C@@H](C)c3ccc(F)cc3F)c(=O)c12. The third-order valence-corrected chi connectivity index (χ3v) is 4.88. The number of hydrogen-bond donors (Lipinski definition) is 1. The Balaban J connectivity index is 1.54. The highest BCUT2D eigenvalue weighted by molar-refractivity contribution is 5.81. The van der Waals surface area contributed by atoms with Crippen molar-refractivity contribution in [2.24, 2.45) is 0 Å². The van der Waals surface area contributed by atoms with Gasteiger partial charge in [0.1, 0.15) is 18.2 Å². The summed E-state index contributed by atoms with van der Waals surface area (Å²) in [7, 11) is 0. The molecule has 0 saturated heterocycles. The van der Waals surface area contributed by atoms with Gasteiger partial charge in [-0.1, -0.05) is 6.07 Å². The number of fused-ring (bicyclic) bond motifs is 1. The van der Waals surface area contributed by atoms with Crippen LogP contribution in [0.2, 0.25) is 0 Å². The van der Waals surface area contributed by atoms with E-state index in [1.165, 1.54) is 6.07 Å². The topological polar surface area (TPSA) is 81.8 Å². The van der Waals surface area contributed by atoms with Crippen LogP contribution in [0.1, 0.15) is 43.1 Å². The van der Waals surface area contributed by atoms with Gasteiger partial charge in [-0.15, -0.1) is 0 Å². The molecular formula is C19H19F2N5O2. The summed E-state index contributed by atoms with van der Waals surface area (Å²) in [5.74, 6) is -1.93. The van der Waals surface area contributed by atoms with E-state index in [0.29, 0.717) is 22.6 Å². The van der Waals surface area contributed by atoms with E-state index in [4.69, 9.17) is 0 Å². The Morgan fingerprint density at radius 3 is 2.79 bits per heavy atom. The Morgan fingerprint density at radius 2 is 2.11 bits per heavy atom. The first-order valence-corrected chi connectivity index (χ1v) is 9.04. The van der Waals surface area contributed by atoms with E-state index in [-0.39, 0.29) is 12.1 Å². The van der Waals surface area contributed by atoms with E-state index >= 15 is 0 Å². The first-order chi connectivity index (χ1) is 13.3. The Morgan fingerprint density at radius 1 is 1.36 bits per heavy atom. The van der Waals surface area contributed by atoms with Crippen LogP contribution in [0.3, 0.4) is 0 Å². The van der Waals surface area contributed by atoms with Gasteiger partial charge in [0.2, 0.25) is 5.91 Å². The van der Waals surface area contributed by atoms with Crippen LogP contribution in [0.4, 0.5) is 8.78 Å². The monoisotopic (exact) mass is 387 g/mol. The van der Waals surface area contributed by atoms with Crippen molar-refractivity contribution in [2.75, 3.05) is 0 Å². The zero-order chi connectivity index (χ0) is 20.0. The van der Waals surface area contributed by atoms with E-state index in [0.717, 1.165) is 29.7 Å². The fraction of sp³-hybridized carbons (Fsp3) is 0.368. The summed E-state index contributed by atoms with van der Waals surface area (Å²) in [6, 6.07) is 2.79. The molecule has 1 N–H and O–H groups in total. The van der Waals surface area contributed by atoms with E-state index < -0.39 is 29.1 Å². The van der Waals surface area contributed by atoms with Crippen LogP contribution in [-0.4, -0.2) is 25.5 Å². The van der Waals surface area contributed by atoms with Gasteiger partial charge < -0.3 is 5.32 Å². The minimum atomic E-state index is -0.743. The Bertz CT molecular complexity index is 1130. The maximum absolute atomic E-state index is 13.9. The van der Waals surface area contributed by atoms with Gasteiger partial charge in [0.05, 0.1) is 34.9 Å². The molecule has 1 fully saturated rings. The number of rotatable bonds is 5. The molecule has 1 amide bonds. The van der Waals surface area contributed by atoms with E-state index in [1.807, 2.05) is 4.68 Å². The van der Waals surface area contributed by atoms with Crippen LogP contribution in [0.15, 0.2) is 29.2 Å². The third-order valence-electron chi connectivity index (χ3n) is 4.88. The van der Waals surface area contributed by atoms with Crippen molar-refractivity contribution in [3.8, 4) is 0 Å². The Kier molecular flexibility index (Phi) is 4.44. The quantitative estimate of drug-likeness (QED) is 0.729. The van der Waals surface area contributed by atoms with E-state index in [1.54, 1.807) is 20.0 Å². The van der Waals surface area contributed by atoms with Gasteiger partial charge in [0, 0.05) is 11.6 Å². The van der Waals surface area contributed by atoms with Gasteiger partial charge in [-0.25, -0.2) is 13.5 Å². The highest BCUT2D eigenvalue weighted by Gasteiger charge is 2.28. The van der Waals surface area contributed by atoms with Crippen molar-refractivity contribution in [2.45, 2.75) is 45.3 Å². The van der Waals surface area contributed by atoms with E-state index in [2.05, 4.69) is 15.5 Å². The molecule has 2 aromatic heterocycles. The Labute approximate surface area is 159 Å². The Hall–Kier alpha value is -3.10. The molecule has 1 aliphatic rings. The maximum Gasteiger partial charge on any atom is 0.278 e. The number of aryl methyl sites for hydroxylation is 1. The largest absolute Gasteiger partial charge is 0.348 e. The number of benzene rings is 1. The molecule has 146 valence electrons. The molecule has 7 nitrogen and oxygen atoms in total. The molecule has 0 bridgehead atoms. The highest BCUT2D eigenvalue weighted by atomic mass is 19.1. The number of nitrogens with zero attached hydrogens (tertiary/aromatic N) is 4. The van der Waals surface area contributed by atoms with Crippen molar-refractivity contribution in [1.82, 2.24) is 24.9 Å². The fourth-order valence-electron chi connectivity index (χ4n) is 3.32. The van der Waals surface area contributed by atoms with Gasteiger partial charge >= 0.3 is 0 Å². The predicted molar refractivity (Wildman–Crippen MR) is 97.7 cm³/mol. The smallest absolute Gasteiger partial charge is 0.278 e. The zero-order valence-corrected chi connectivity index (χ0v) is 15.4. The van der Waals surface area contributed by atoms with Crippen LogP contribution in [0.5, 0.6) is 0 Å². The summed E-state index contributed by atoms with van der Waals surface area (Å²) in [5.41, 5.74) is 1.04. The van der Waals surface area contributed by atoms with Crippen LogP contribution in [-0.2, 0) is 11.3 Å². The predicted octanol–water partition coefficient (Wildman–Crippen LogP) is 2.39. The van der Waals surface area contributed by atoms with Gasteiger partial charge in [-0.2, -0.15) is 10.2 Å². The molecule has 0 radical (unpaired) electrons. The lowest BCUT2D eigenvalue weighted by atomic mass is 10.1. The molecule has 1 saturated carbocycles. The van der Waals surface area contributed by atoms with Crippen molar-refractivity contribution in [3.05, 3.63) is 57.6 Å². The standard InChI is InChI=1S/C19H19F2N5O2/c1-10(14-6-3-12(20)7-15(14)21)23-17(27)9-25-19(28)18-11(2)24-26(13-4-5-13)16(18)8-22-25/h3,6-8,10,13H,4-5,9H2,1-2H3,(H,23,27)/t10-/m0/s1. The number of carbonyl (C=O) groups excluding carboxylic acids is 1. The molecule has 28 heavy (non-hydrogen) atoms. The second kappa shape index (κ2) is 6.81. The van der Waals surface area contributed by atoms with Gasteiger partial charge in [0.15, 0.2) is 0 Å². The second-order valence-corrected chi connectivity index (χ2v) is 7.08. The second-order valence-electron chi connectivity index (χ2n) is 7.08. The first-order valence-electron chi connectivity index (χ1n) is 9.04. The summed E-state index contributed by atoms with van der Waals surface area (Å²) in [6.45, 7) is 3.03. The third kappa shape index (κ3) is 3.28. The molecule has 0 spiro atoms. The molecule has 9 heteroatoms. The van der Waals surface area contributed by atoms with Crippen molar-refractivity contribution in [3.63, 3.8) is 0 Å². The number of carbonyl (C=O) groups is 1. The van der Waals surface area contributed by atoms with Crippen LogP contribution in [0.25, 0.3) is 10.9 Å². The normalized spacial score (nSPS) is 15.0. The molecule has 2 heterocycles. The lowest BCUT2D eigenvalue weighted by Gasteiger charge is -2.15. The number of nitrogens with one attached hydrogen (secondary N) is 1. The molecule has 0 aliphatic heterocycles. The van der Waals surface area contributed by atoms with Crippen molar-refractivity contribution in [1.29, 1.82) is 0 Å². The molecule has 1 aromatic carbocycles. The summed E-state index contributed by atoms with van der Waals surface area (Å²) < 4.78 is 29.8. The van der Waals surface area contributed by atoms with Gasteiger partial charge in [0.25, 0.3) is 5.56 Å². The zero-order valence-electron chi connectivity index (χ0n) is 15.4. The highest BCUT2D eigenvalue weighted by Crippen LogP contribution is 2.36. The average molecular weight is 387 g/mol. The number of halogens is 2. The van der Waals surface area contributed by atoms with Gasteiger partial charge in [-0.3, -0.25) is 14.3 Å². The fourth-order valence-corrected chi connectivity index (χ4v) is 3.32. The summed E-state index contributed by atoms with van der Waals surface area (Å²) in [5, 5.41) is 11.6. The van der Waals surface area contributed by atoms with Crippen molar-refractivity contribution >= 4 is 16.8 Å². The summed E-state index contributed by atoms with van der Waals surface area (Å²) in [4.78, 5) is 25.1. The summed E-state index contributed by atoms with van der Waals surface area (Å²) in [6.07, 6.45) is 3.60. The number of aromatic nitrogens is 4. The molecule has 3 aromatic rings. The van der Waals surface area contributed by atoms with E-state index in [9.17, 15) is 18.4 Å². The summed E-state index contributed by atoms with van der Waals surface area (Å²) >= 11 is 0. The maximum atomic E-state index is 13.9. The number of amides is 1. The lowest BCUT2D eigenvalue weighted by Crippen LogP contribution is -2.35. The molecule has 0 unspecified atom stereocenters. The van der Waals surface area contributed by atoms with Gasteiger partial charge in [-0.05, 0) is 32.8 Å². The van der Waals surface area contributed by atoms with Crippen molar-refractivity contribution < 1.29 is 13.6 Å². The van der Waals surface area contributed by atoms with Crippen LogP contribution >= 0.6 is 0 Å². The average Bonchev–Trinajstić information content (AvgIpc) is 3.41. The van der Waals surface area contributed by atoms with Crippen LogP contribution in [0, 0.1) is 18.6 Å². The first kappa shape index (κ1) is 18.3. The number of hydrogen-bond acceptors (Lipinski definition) is 4. The minimum absolute atomic E-state index is 0.159. The molecular weight excluding hydrogens is 368 g/mol. The van der Waals surface area contributed by atoms with Crippen LogP contribution < -0.4 is 10.9 Å². The molecule has 1 aliphatic carbocycles. The molecule has 4 rings (SSSR count). The lowest BCUT2D eigenvalue weighted by molar-refractivity contribution is -0.122. The minimum Gasteiger partial charge on any atom is -0.348 e. The molecule has 1 atom stereocenters.